The lowest BCUT2D eigenvalue weighted by Crippen LogP contribution is -2.14. The Morgan fingerprint density at radius 2 is 1.85 bits per heavy atom. The van der Waals surface area contributed by atoms with E-state index < -0.39 is 15.8 Å². The van der Waals surface area contributed by atoms with Crippen molar-refractivity contribution in [2.75, 3.05) is 17.1 Å². The van der Waals surface area contributed by atoms with E-state index in [2.05, 4.69) is 15.0 Å². The first-order valence-electron chi connectivity index (χ1n) is 8.04. The van der Waals surface area contributed by atoms with E-state index in [-0.39, 0.29) is 10.7 Å². The number of aryl methyl sites for hydroxylation is 1. The molecule has 1 heterocycles. The lowest BCUT2D eigenvalue weighted by Gasteiger charge is -2.11. The molecule has 3 rings (SSSR count). The number of hydrogen-bond acceptors (Lipinski definition) is 5. The van der Waals surface area contributed by atoms with Crippen molar-refractivity contribution in [3.8, 4) is 5.75 Å². The number of benzene rings is 2. The highest BCUT2D eigenvalue weighted by Gasteiger charge is 2.16. The highest BCUT2D eigenvalue weighted by Crippen LogP contribution is 2.24. The summed E-state index contributed by atoms with van der Waals surface area (Å²) in [5.74, 6) is 0.371. The maximum Gasteiger partial charge on any atom is 0.263 e. The van der Waals surface area contributed by atoms with Crippen LogP contribution in [0.4, 0.5) is 21.6 Å². The number of ether oxygens (including phenoxy) is 1. The third kappa shape index (κ3) is 4.35. The van der Waals surface area contributed by atoms with E-state index in [1.807, 2.05) is 0 Å². The fraction of sp³-hybridized carbons (Fsp3) is 0.105. The van der Waals surface area contributed by atoms with Crippen LogP contribution in [0.3, 0.4) is 0 Å². The van der Waals surface area contributed by atoms with Crippen LogP contribution in [0.2, 0.25) is 0 Å². The molecule has 2 aromatic carbocycles. The van der Waals surface area contributed by atoms with Gasteiger partial charge in [0, 0.05) is 0 Å². The quantitative estimate of drug-likeness (QED) is 0.666. The molecule has 27 heavy (non-hydrogen) atoms. The van der Waals surface area contributed by atoms with E-state index in [9.17, 15) is 12.8 Å². The average molecular weight is 387 g/mol. The molecule has 8 heteroatoms. The Bertz CT molecular complexity index is 1050. The molecule has 0 spiro atoms. The van der Waals surface area contributed by atoms with Gasteiger partial charge in [0.25, 0.3) is 10.0 Å². The average Bonchev–Trinajstić information content (AvgIpc) is 2.65. The molecular weight excluding hydrogens is 369 g/mol. The molecule has 3 aromatic rings. The van der Waals surface area contributed by atoms with Gasteiger partial charge in [-0.3, -0.25) is 4.72 Å². The van der Waals surface area contributed by atoms with Gasteiger partial charge >= 0.3 is 0 Å². The standard InChI is InChI=1S/C19H18FN3O3S/c1-13-11-15(8-9-18(13)26-2)27(24,25)23-19-10-7-14(12-21-19)22-17-6-4-3-5-16(17)20/h3-12,22H,1-2H3,(H,21,23). The Morgan fingerprint density at radius 3 is 2.48 bits per heavy atom. The molecule has 0 saturated heterocycles. The normalized spacial score (nSPS) is 11.1. The number of nitrogens with zero attached hydrogens (tertiary/aromatic N) is 1. The van der Waals surface area contributed by atoms with E-state index in [1.165, 1.54) is 37.6 Å². The highest BCUT2D eigenvalue weighted by atomic mass is 32.2. The van der Waals surface area contributed by atoms with Gasteiger partial charge in [0.1, 0.15) is 17.4 Å². The monoisotopic (exact) mass is 387 g/mol. The SMILES string of the molecule is COc1ccc(S(=O)(=O)Nc2ccc(Nc3ccccc3F)cn2)cc1C. The van der Waals surface area contributed by atoms with Crippen LogP contribution >= 0.6 is 0 Å². The summed E-state index contributed by atoms with van der Waals surface area (Å²) in [4.78, 5) is 4.18. The fourth-order valence-electron chi connectivity index (χ4n) is 2.46. The Kier molecular flexibility index (Phi) is 5.27. The number of aromatic nitrogens is 1. The van der Waals surface area contributed by atoms with E-state index in [1.54, 1.807) is 37.3 Å². The summed E-state index contributed by atoms with van der Waals surface area (Å²) in [7, 11) is -2.26. The van der Waals surface area contributed by atoms with Gasteiger partial charge in [-0.1, -0.05) is 12.1 Å². The van der Waals surface area contributed by atoms with Gasteiger partial charge < -0.3 is 10.1 Å². The van der Waals surface area contributed by atoms with Crippen LogP contribution in [-0.4, -0.2) is 20.5 Å². The van der Waals surface area contributed by atoms with Crippen LogP contribution in [0, 0.1) is 12.7 Å². The molecule has 0 fully saturated rings. The number of pyridine rings is 1. The van der Waals surface area contributed by atoms with Gasteiger partial charge in [-0.15, -0.1) is 0 Å². The van der Waals surface area contributed by atoms with Crippen LogP contribution in [-0.2, 0) is 10.0 Å². The number of nitrogens with one attached hydrogen (secondary N) is 2. The van der Waals surface area contributed by atoms with Crippen LogP contribution in [0.15, 0.2) is 65.7 Å². The zero-order valence-corrected chi connectivity index (χ0v) is 15.5. The topological polar surface area (TPSA) is 80.3 Å². The predicted molar refractivity (Wildman–Crippen MR) is 102 cm³/mol. The lowest BCUT2D eigenvalue weighted by molar-refractivity contribution is 0.411. The third-order valence-electron chi connectivity index (χ3n) is 3.83. The molecule has 0 unspecified atom stereocenters. The minimum absolute atomic E-state index is 0.108. The molecule has 140 valence electrons. The van der Waals surface area contributed by atoms with Crippen molar-refractivity contribution >= 4 is 27.2 Å². The molecule has 1 aromatic heterocycles. The second-order valence-electron chi connectivity index (χ2n) is 5.77. The summed E-state index contributed by atoms with van der Waals surface area (Å²) in [5, 5.41) is 2.89. The second kappa shape index (κ2) is 7.63. The van der Waals surface area contributed by atoms with Crippen LogP contribution in [0.25, 0.3) is 0 Å². The van der Waals surface area contributed by atoms with Gasteiger partial charge in [-0.2, -0.15) is 0 Å². The Morgan fingerprint density at radius 1 is 1.07 bits per heavy atom. The number of rotatable bonds is 6. The largest absolute Gasteiger partial charge is 0.496 e. The summed E-state index contributed by atoms with van der Waals surface area (Å²) in [6.45, 7) is 1.76. The fourth-order valence-corrected chi connectivity index (χ4v) is 3.55. The van der Waals surface area contributed by atoms with Crippen LogP contribution < -0.4 is 14.8 Å². The van der Waals surface area contributed by atoms with E-state index in [0.717, 1.165) is 0 Å². The summed E-state index contributed by atoms with van der Waals surface area (Å²) in [5.41, 5.74) is 1.54. The Labute approximate surface area is 157 Å². The predicted octanol–water partition coefficient (Wildman–Crippen LogP) is 4.08. The van der Waals surface area contributed by atoms with Crippen molar-refractivity contribution in [1.82, 2.24) is 4.98 Å². The molecule has 0 aliphatic rings. The van der Waals surface area contributed by atoms with Crippen molar-refractivity contribution in [3.05, 3.63) is 72.2 Å². The molecule has 0 bridgehead atoms. The van der Waals surface area contributed by atoms with Crippen molar-refractivity contribution in [3.63, 3.8) is 0 Å². The van der Waals surface area contributed by atoms with Crippen LogP contribution in [0.5, 0.6) is 5.75 Å². The van der Waals surface area contributed by atoms with E-state index in [4.69, 9.17) is 4.74 Å². The Hall–Kier alpha value is -3.13. The zero-order valence-electron chi connectivity index (χ0n) is 14.7. The van der Waals surface area contributed by atoms with Crippen molar-refractivity contribution in [2.45, 2.75) is 11.8 Å². The maximum atomic E-state index is 13.7. The van der Waals surface area contributed by atoms with Gasteiger partial charge in [0.15, 0.2) is 0 Å². The van der Waals surface area contributed by atoms with Gasteiger partial charge in [0.2, 0.25) is 0 Å². The Balaban J connectivity index is 1.75. The maximum absolute atomic E-state index is 13.7. The smallest absolute Gasteiger partial charge is 0.263 e. The molecule has 6 nitrogen and oxygen atoms in total. The molecule has 0 amide bonds. The second-order valence-corrected chi connectivity index (χ2v) is 7.46. The molecular formula is C19H18FN3O3S. The molecule has 0 aliphatic carbocycles. The molecule has 0 saturated carbocycles. The summed E-state index contributed by atoms with van der Waals surface area (Å²) in [6, 6.07) is 13.9. The summed E-state index contributed by atoms with van der Waals surface area (Å²) >= 11 is 0. The van der Waals surface area contributed by atoms with Crippen LogP contribution in [0.1, 0.15) is 5.56 Å². The molecule has 0 radical (unpaired) electrons. The molecule has 0 aliphatic heterocycles. The minimum Gasteiger partial charge on any atom is -0.496 e. The molecule has 2 N–H and O–H groups in total. The summed E-state index contributed by atoms with van der Waals surface area (Å²) < 4.78 is 46.3. The van der Waals surface area contributed by atoms with Gasteiger partial charge in [-0.25, -0.2) is 17.8 Å². The van der Waals surface area contributed by atoms with Crippen molar-refractivity contribution in [1.29, 1.82) is 0 Å². The number of para-hydroxylation sites is 1. The number of halogens is 1. The number of anilines is 3. The number of hydrogen-bond donors (Lipinski definition) is 2. The van der Waals surface area contributed by atoms with E-state index in [0.29, 0.717) is 22.7 Å². The first-order valence-corrected chi connectivity index (χ1v) is 9.52. The zero-order chi connectivity index (χ0) is 19.4. The number of methoxy groups -OCH3 is 1. The highest BCUT2D eigenvalue weighted by molar-refractivity contribution is 7.92. The third-order valence-corrected chi connectivity index (χ3v) is 5.18. The minimum atomic E-state index is -3.79. The van der Waals surface area contributed by atoms with E-state index >= 15 is 0 Å². The van der Waals surface area contributed by atoms with Crippen molar-refractivity contribution < 1.29 is 17.5 Å². The first-order chi connectivity index (χ1) is 12.9. The van der Waals surface area contributed by atoms with Gasteiger partial charge in [0.05, 0.1) is 29.6 Å². The lowest BCUT2D eigenvalue weighted by atomic mass is 10.2. The first kappa shape index (κ1) is 18.7. The summed E-state index contributed by atoms with van der Waals surface area (Å²) in [6.07, 6.45) is 1.42. The van der Waals surface area contributed by atoms with Gasteiger partial charge in [-0.05, 0) is 55.0 Å². The number of sulfonamides is 1. The van der Waals surface area contributed by atoms with Crippen molar-refractivity contribution in [2.24, 2.45) is 0 Å². The molecule has 0 atom stereocenters.